The zero-order valence-electron chi connectivity index (χ0n) is 5.08. The molecule has 0 amide bonds. The third-order valence-electron chi connectivity index (χ3n) is 0.901. The number of nitrogen functional groups attached to an aromatic ring is 1. The van der Waals surface area contributed by atoms with E-state index in [2.05, 4.69) is 4.98 Å². The van der Waals surface area contributed by atoms with E-state index < -0.39 is 0 Å². The van der Waals surface area contributed by atoms with Crippen LogP contribution in [0.2, 0.25) is 0 Å². The maximum atomic E-state index is 8.28. The van der Waals surface area contributed by atoms with Crippen molar-refractivity contribution in [3.63, 3.8) is 0 Å². The molecule has 0 saturated carbocycles. The van der Waals surface area contributed by atoms with E-state index in [0.29, 0.717) is 11.4 Å². The minimum absolute atomic E-state index is 0. The maximum absolute atomic E-state index is 8.28. The molecule has 1 heterocycles. The molecule has 3 nitrogen and oxygen atoms in total. The fourth-order valence-corrected chi connectivity index (χ4v) is 0.471. The number of rotatable bonds is 0. The molecule has 0 aliphatic heterocycles. The number of pyridine rings is 1. The second-order valence-electron chi connectivity index (χ2n) is 1.59. The van der Waals surface area contributed by atoms with Crippen LogP contribution in [0.25, 0.3) is 0 Å². The first-order chi connectivity index (χ1) is 4.33. The van der Waals surface area contributed by atoms with E-state index >= 15 is 0 Å². The van der Waals surface area contributed by atoms with Crippen molar-refractivity contribution in [2.45, 2.75) is 0 Å². The summed E-state index contributed by atoms with van der Waals surface area (Å²) in [4.78, 5) is 3.71. The van der Waals surface area contributed by atoms with Crippen molar-refractivity contribution < 1.29 is 17.1 Å². The van der Waals surface area contributed by atoms with E-state index in [0.717, 1.165) is 0 Å². The number of nitrogens with zero attached hydrogens (tertiary/aromatic N) is 2. The number of aromatic nitrogens is 1. The molecule has 0 fully saturated rings. The first-order valence-corrected chi connectivity index (χ1v) is 2.44. The van der Waals surface area contributed by atoms with Crippen LogP contribution in [-0.4, -0.2) is 4.98 Å². The van der Waals surface area contributed by atoms with Gasteiger partial charge in [0.15, 0.2) is 0 Å². The van der Waals surface area contributed by atoms with Gasteiger partial charge in [-0.3, -0.25) is 0 Å². The van der Waals surface area contributed by atoms with E-state index in [-0.39, 0.29) is 17.1 Å². The van der Waals surface area contributed by atoms with Gasteiger partial charge in [-0.25, -0.2) is 4.98 Å². The summed E-state index contributed by atoms with van der Waals surface area (Å²) in [6.07, 6.45) is 1.46. The third kappa shape index (κ3) is 2.06. The standard InChI is InChI=1S/C6H5N3.Mn/c7-3-6-2-1-5(8)4-9-6;/h1-2,4H,8H2;. The summed E-state index contributed by atoms with van der Waals surface area (Å²) >= 11 is 0. The predicted molar refractivity (Wildman–Crippen MR) is 33.4 cm³/mol. The average molecular weight is 174 g/mol. The molecular formula is C6H5MnN3. The first kappa shape index (κ1) is 8.96. The molecule has 2 N–H and O–H groups in total. The Hall–Kier alpha value is -1.04. The van der Waals surface area contributed by atoms with Gasteiger partial charge in [-0.1, -0.05) is 0 Å². The Morgan fingerprint density at radius 1 is 1.50 bits per heavy atom. The third-order valence-corrected chi connectivity index (χ3v) is 0.901. The van der Waals surface area contributed by atoms with Crippen molar-refractivity contribution in [3.05, 3.63) is 24.0 Å². The van der Waals surface area contributed by atoms with Crippen LogP contribution in [0.3, 0.4) is 0 Å². The van der Waals surface area contributed by atoms with Crippen LogP contribution in [0.4, 0.5) is 5.69 Å². The van der Waals surface area contributed by atoms with Crippen molar-refractivity contribution >= 4 is 5.69 Å². The first-order valence-electron chi connectivity index (χ1n) is 2.44. The molecule has 1 radical (unpaired) electrons. The van der Waals surface area contributed by atoms with Crippen LogP contribution < -0.4 is 5.73 Å². The molecule has 0 unspecified atom stereocenters. The topological polar surface area (TPSA) is 62.7 Å². The fraction of sp³-hybridized carbons (Fsp3) is 0. The van der Waals surface area contributed by atoms with Gasteiger partial charge < -0.3 is 5.73 Å². The normalized spacial score (nSPS) is 7.50. The predicted octanol–water partition coefficient (Wildman–Crippen LogP) is 0.533. The number of nitrogens with two attached hydrogens (primary N) is 1. The van der Waals surface area contributed by atoms with Crippen molar-refractivity contribution in [2.75, 3.05) is 5.73 Å². The summed E-state index contributed by atoms with van der Waals surface area (Å²) in [7, 11) is 0. The van der Waals surface area contributed by atoms with Gasteiger partial charge in [0.05, 0.1) is 11.9 Å². The van der Waals surface area contributed by atoms with Gasteiger partial charge in [0.25, 0.3) is 0 Å². The van der Waals surface area contributed by atoms with Crippen LogP contribution in [0.15, 0.2) is 18.3 Å². The molecule has 1 aromatic rings. The van der Waals surface area contributed by atoms with Crippen LogP contribution >= 0.6 is 0 Å². The minimum atomic E-state index is 0. The fourth-order valence-electron chi connectivity index (χ4n) is 0.471. The number of anilines is 1. The van der Waals surface area contributed by atoms with Gasteiger partial charge in [-0.05, 0) is 12.1 Å². The van der Waals surface area contributed by atoms with Gasteiger partial charge in [0.1, 0.15) is 11.8 Å². The summed E-state index contributed by atoms with van der Waals surface area (Å²) in [5, 5.41) is 8.28. The van der Waals surface area contributed by atoms with Crippen LogP contribution in [0.1, 0.15) is 5.69 Å². The molecule has 0 aromatic carbocycles. The molecule has 0 atom stereocenters. The Kier molecular flexibility index (Phi) is 3.48. The largest absolute Gasteiger partial charge is 0.397 e. The zero-order chi connectivity index (χ0) is 6.69. The molecule has 10 heavy (non-hydrogen) atoms. The summed E-state index contributed by atoms with van der Waals surface area (Å²) in [5.41, 5.74) is 6.28. The van der Waals surface area contributed by atoms with Crippen molar-refractivity contribution in [1.82, 2.24) is 4.98 Å². The second-order valence-corrected chi connectivity index (χ2v) is 1.59. The number of hydrogen-bond acceptors (Lipinski definition) is 3. The van der Waals surface area contributed by atoms with Gasteiger partial charge in [0, 0.05) is 17.1 Å². The Bertz CT molecular complexity index is 236. The zero-order valence-corrected chi connectivity index (χ0v) is 6.26. The van der Waals surface area contributed by atoms with Gasteiger partial charge in [-0.2, -0.15) is 5.26 Å². The van der Waals surface area contributed by atoms with Gasteiger partial charge in [-0.15, -0.1) is 0 Å². The molecule has 0 aliphatic rings. The Labute approximate surface area is 69.3 Å². The summed E-state index contributed by atoms with van der Waals surface area (Å²) in [5.74, 6) is 0. The Balaban J connectivity index is 0.000000810. The van der Waals surface area contributed by atoms with Crippen LogP contribution in [0.5, 0.6) is 0 Å². The average Bonchev–Trinajstić information content (AvgIpc) is 1.90. The molecule has 0 spiro atoms. The van der Waals surface area contributed by atoms with Crippen molar-refractivity contribution in [1.29, 1.82) is 5.26 Å². The Morgan fingerprint density at radius 2 is 2.20 bits per heavy atom. The van der Waals surface area contributed by atoms with Crippen LogP contribution in [-0.2, 0) is 17.1 Å². The molecular weight excluding hydrogens is 169 g/mol. The van der Waals surface area contributed by atoms with Gasteiger partial charge >= 0.3 is 0 Å². The van der Waals surface area contributed by atoms with E-state index in [9.17, 15) is 0 Å². The van der Waals surface area contributed by atoms with Crippen LogP contribution in [0, 0.1) is 11.3 Å². The SMILES string of the molecule is N#Cc1ccc(N)cn1.[Mn]. The monoisotopic (exact) mass is 174 g/mol. The molecule has 51 valence electrons. The summed E-state index contributed by atoms with van der Waals surface area (Å²) in [6, 6.07) is 5.11. The molecule has 0 aliphatic carbocycles. The molecule has 0 bridgehead atoms. The van der Waals surface area contributed by atoms with E-state index in [1.165, 1.54) is 6.20 Å². The molecule has 0 saturated heterocycles. The van der Waals surface area contributed by atoms with Gasteiger partial charge in [0.2, 0.25) is 0 Å². The molecule has 1 aromatic heterocycles. The van der Waals surface area contributed by atoms with E-state index in [4.69, 9.17) is 11.0 Å². The second kappa shape index (κ2) is 3.89. The molecule has 1 rings (SSSR count). The quantitative estimate of drug-likeness (QED) is 0.583. The smallest absolute Gasteiger partial charge is 0.140 e. The van der Waals surface area contributed by atoms with Crippen molar-refractivity contribution in [2.24, 2.45) is 0 Å². The Morgan fingerprint density at radius 3 is 2.60 bits per heavy atom. The minimum Gasteiger partial charge on any atom is -0.397 e. The maximum Gasteiger partial charge on any atom is 0.140 e. The summed E-state index contributed by atoms with van der Waals surface area (Å²) in [6.45, 7) is 0. The summed E-state index contributed by atoms with van der Waals surface area (Å²) < 4.78 is 0. The molecule has 4 heteroatoms. The number of nitriles is 1. The number of hydrogen-bond donors (Lipinski definition) is 1. The van der Waals surface area contributed by atoms with E-state index in [1.807, 2.05) is 6.07 Å². The van der Waals surface area contributed by atoms with Crippen molar-refractivity contribution in [3.8, 4) is 6.07 Å². The van der Waals surface area contributed by atoms with E-state index in [1.54, 1.807) is 12.1 Å².